The number of anilines is 1. The first-order valence-electron chi connectivity index (χ1n) is 5.34. The van der Waals surface area contributed by atoms with E-state index < -0.39 is 0 Å². The molecule has 0 saturated carbocycles. The maximum absolute atomic E-state index is 9.64. The van der Waals surface area contributed by atoms with Crippen molar-refractivity contribution >= 4 is 5.69 Å². The molecule has 1 aromatic heterocycles. The van der Waals surface area contributed by atoms with Gasteiger partial charge in [-0.1, -0.05) is 0 Å². The van der Waals surface area contributed by atoms with Gasteiger partial charge in [-0.25, -0.2) is 0 Å². The lowest BCUT2D eigenvalue weighted by molar-refractivity contribution is 0.446. The molecule has 4 N–H and O–H groups in total. The number of benzene rings is 1. The number of phenolic OH excluding ortho intramolecular Hbond substituents is 2. The quantitative estimate of drug-likeness (QED) is 0.654. The van der Waals surface area contributed by atoms with Crippen LogP contribution in [0, 0.1) is 13.8 Å². The molecule has 0 unspecified atom stereocenters. The van der Waals surface area contributed by atoms with Crippen LogP contribution in [0.1, 0.15) is 17.0 Å². The zero-order valence-electron chi connectivity index (χ0n) is 9.78. The normalized spacial score (nSPS) is 10.5. The summed E-state index contributed by atoms with van der Waals surface area (Å²) in [5, 5.41) is 29.0. The van der Waals surface area contributed by atoms with Crippen LogP contribution in [-0.2, 0) is 6.54 Å². The van der Waals surface area contributed by atoms with Crippen LogP contribution >= 0.6 is 0 Å². The average molecular weight is 233 g/mol. The van der Waals surface area contributed by atoms with Crippen molar-refractivity contribution in [1.29, 1.82) is 0 Å². The van der Waals surface area contributed by atoms with E-state index in [9.17, 15) is 10.2 Å². The van der Waals surface area contributed by atoms with Crippen molar-refractivity contribution < 1.29 is 10.2 Å². The second-order valence-corrected chi connectivity index (χ2v) is 3.98. The van der Waals surface area contributed by atoms with Gasteiger partial charge in [0.2, 0.25) is 0 Å². The third kappa shape index (κ3) is 2.33. The predicted molar refractivity (Wildman–Crippen MR) is 65.2 cm³/mol. The molecule has 2 aromatic rings. The van der Waals surface area contributed by atoms with Gasteiger partial charge in [-0.05, 0) is 26.0 Å². The molecule has 5 nitrogen and oxygen atoms in total. The van der Waals surface area contributed by atoms with E-state index in [2.05, 4.69) is 15.5 Å². The van der Waals surface area contributed by atoms with Gasteiger partial charge >= 0.3 is 0 Å². The number of phenols is 2. The summed E-state index contributed by atoms with van der Waals surface area (Å²) in [6.45, 7) is 4.31. The molecule has 0 spiro atoms. The van der Waals surface area contributed by atoms with Crippen molar-refractivity contribution in [1.82, 2.24) is 10.2 Å². The molecular weight excluding hydrogens is 218 g/mol. The number of aromatic nitrogens is 2. The van der Waals surface area contributed by atoms with E-state index in [0.717, 1.165) is 22.6 Å². The Bertz CT molecular complexity index is 515. The topological polar surface area (TPSA) is 81.2 Å². The lowest BCUT2D eigenvalue weighted by atomic mass is 10.2. The number of H-pyrrole nitrogens is 1. The predicted octanol–water partition coefficient (Wildman–Crippen LogP) is 2.05. The summed E-state index contributed by atoms with van der Waals surface area (Å²) in [7, 11) is 0. The molecule has 0 amide bonds. The summed E-state index contributed by atoms with van der Waals surface area (Å²) in [5.74, 6) is 0.137. The Hall–Kier alpha value is -2.17. The molecule has 0 atom stereocenters. The highest BCUT2D eigenvalue weighted by atomic mass is 16.3. The zero-order chi connectivity index (χ0) is 12.4. The summed E-state index contributed by atoms with van der Waals surface area (Å²) in [6, 6.07) is 4.56. The van der Waals surface area contributed by atoms with Crippen LogP contribution in [-0.4, -0.2) is 20.4 Å². The highest BCUT2D eigenvalue weighted by Gasteiger charge is 2.07. The second kappa shape index (κ2) is 4.37. The summed E-state index contributed by atoms with van der Waals surface area (Å²) in [6.07, 6.45) is 0. The van der Waals surface area contributed by atoms with Gasteiger partial charge in [-0.15, -0.1) is 0 Å². The number of hydrogen-bond acceptors (Lipinski definition) is 4. The smallest absolute Gasteiger partial charge is 0.124 e. The van der Waals surface area contributed by atoms with Gasteiger partial charge in [0.15, 0.2) is 0 Å². The van der Waals surface area contributed by atoms with Crippen molar-refractivity contribution in [3.05, 3.63) is 35.2 Å². The summed E-state index contributed by atoms with van der Waals surface area (Å²) in [4.78, 5) is 0. The van der Waals surface area contributed by atoms with Gasteiger partial charge < -0.3 is 15.5 Å². The Labute approximate surface area is 99.1 Å². The van der Waals surface area contributed by atoms with Crippen LogP contribution in [0.25, 0.3) is 0 Å². The van der Waals surface area contributed by atoms with Gasteiger partial charge in [0.05, 0.1) is 17.1 Å². The summed E-state index contributed by atoms with van der Waals surface area (Å²) >= 11 is 0. The molecule has 0 aliphatic heterocycles. The largest absolute Gasteiger partial charge is 0.508 e. The maximum atomic E-state index is 9.64. The van der Waals surface area contributed by atoms with E-state index >= 15 is 0 Å². The molecule has 0 saturated heterocycles. The van der Waals surface area contributed by atoms with E-state index in [-0.39, 0.29) is 11.5 Å². The first-order chi connectivity index (χ1) is 8.08. The third-order valence-electron chi connectivity index (χ3n) is 2.65. The third-order valence-corrected chi connectivity index (χ3v) is 2.65. The molecule has 5 heteroatoms. The van der Waals surface area contributed by atoms with Crippen LogP contribution < -0.4 is 5.32 Å². The molecule has 2 rings (SSSR count). The number of hydrogen-bond donors (Lipinski definition) is 4. The van der Waals surface area contributed by atoms with Crippen molar-refractivity contribution in [2.75, 3.05) is 5.32 Å². The Morgan fingerprint density at radius 3 is 2.65 bits per heavy atom. The van der Waals surface area contributed by atoms with E-state index in [0.29, 0.717) is 6.54 Å². The summed E-state index contributed by atoms with van der Waals surface area (Å²) < 4.78 is 0. The van der Waals surface area contributed by atoms with E-state index in [1.165, 1.54) is 6.07 Å². The van der Waals surface area contributed by atoms with Crippen LogP contribution in [0.15, 0.2) is 18.2 Å². The van der Waals surface area contributed by atoms with Crippen LogP contribution in [0.5, 0.6) is 11.5 Å². The van der Waals surface area contributed by atoms with Gasteiger partial charge in [-0.2, -0.15) is 5.10 Å². The standard InChI is InChI=1S/C12H15N3O2/c1-7-12(8(2)15-14-7)13-6-9-3-4-10(16)5-11(9)17/h3-5,13,16-17H,6H2,1-2H3,(H,14,15). The van der Waals surface area contributed by atoms with Crippen LogP contribution in [0.3, 0.4) is 0 Å². The Morgan fingerprint density at radius 2 is 2.06 bits per heavy atom. The molecular formula is C12H15N3O2. The fourth-order valence-electron chi connectivity index (χ4n) is 1.70. The fourth-order valence-corrected chi connectivity index (χ4v) is 1.70. The number of rotatable bonds is 3. The van der Waals surface area contributed by atoms with Crippen molar-refractivity contribution in [2.24, 2.45) is 0 Å². The average Bonchev–Trinajstić information content (AvgIpc) is 2.58. The zero-order valence-corrected chi connectivity index (χ0v) is 9.78. The molecule has 1 aromatic carbocycles. The first kappa shape index (κ1) is 11.3. The van der Waals surface area contributed by atoms with Gasteiger partial charge in [-0.3, -0.25) is 5.10 Å². The Morgan fingerprint density at radius 1 is 1.29 bits per heavy atom. The van der Waals surface area contributed by atoms with Crippen molar-refractivity contribution in [3.8, 4) is 11.5 Å². The SMILES string of the molecule is Cc1n[nH]c(C)c1NCc1ccc(O)cc1O. The minimum absolute atomic E-state index is 0.0573. The Kier molecular flexibility index (Phi) is 2.91. The molecule has 17 heavy (non-hydrogen) atoms. The van der Waals surface area contributed by atoms with E-state index in [1.54, 1.807) is 12.1 Å². The monoisotopic (exact) mass is 233 g/mol. The fraction of sp³-hybridized carbons (Fsp3) is 0.250. The minimum atomic E-state index is 0.0573. The lowest BCUT2D eigenvalue weighted by Crippen LogP contribution is -2.01. The van der Waals surface area contributed by atoms with Gasteiger partial charge in [0, 0.05) is 18.2 Å². The summed E-state index contributed by atoms with van der Waals surface area (Å²) in [5.41, 5.74) is 3.52. The first-order valence-corrected chi connectivity index (χ1v) is 5.34. The number of aromatic amines is 1. The lowest BCUT2D eigenvalue weighted by Gasteiger charge is -2.08. The molecule has 0 radical (unpaired) electrons. The molecule has 1 heterocycles. The molecule has 0 aliphatic carbocycles. The van der Waals surface area contributed by atoms with Gasteiger partial charge in [0.25, 0.3) is 0 Å². The van der Waals surface area contributed by atoms with E-state index in [4.69, 9.17) is 0 Å². The van der Waals surface area contributed by atoms with Crippen molar-refractivity contribution in [2.45, 2.75) is 20.4 Å². The van der Waals surface area contributed by atoms with Crippen molar-refractivity contribution in [3.63, 3.8) is 0 Å². The minimum Gasteiger partial charge on any atom is -0.508 e. The maximum Gasteiger partial charge on any atom is 0.124 e. The molecule has 0 fully saturated rings. The second-order valence-electron chi connectivity index (χ2n) is 3.98. The molecule has 90 valence electrons. The van der Waals surface area contributed by atoms with E-state index in [1.807, 2.05) is 13.8 Å². The van der Waals surface area contributed by atoms with Gasteiger partial charge in [0.1, 0.15) is 11.5 Å². The number of aryl methyl sites for hydroxylation is 2. The number of aromatic hydroxyl groups is 2. The Balaban J connectivity index is 2.13. The van der Waals surface area contributed by atoms with Crippen LogP contribution in [0.4, 0.5) is 5.69 Å². The molecule has 0 aliphatic rings. The highest BCUT2D eigenvalue weighted by Crippen LogP contribution is 2.24. The number of nitrogens with one attached hydrogen (secondary N) is 2. The van der Waals surface area contributed by atoms with Crippen LogP contribution in [0.2, 0.25) is 0 Å². The highest BCUT2D eigenvalue weighted by molar-refractivity contribution is 5.52. The molecule has 0 bridgehead atoms. The number of nitrogens with zero attached hydrogens (tertiary/aromatic N) is 1.